The Labute approximate surface area is 140 Å². The number of thioether (sulfide) groups is 1. The predicted molar refractivity (Wildman–Crippen MR) is 89.6 cm³/mol. The molecule has 1 rings (SSSR count). The number of oxime groups is 1. The van der Waals surface area contributed by atoms with E-state index in [2.05, 4.69) is 5.16 Å². The second-order valence-electron chi connectivity index (χ2n) is 4.89. The van der Waals surface area contributed by atoms with Gasteiger partial charge in [0.15, 0.2) is 0 Å². The highest BCUT2D eigenvalue weighted by Gasteiger charge is 2.23. The number of rotatable bonds is 4. The van der Waals surface area contributed by atoms with Gasteiger partial charge in [-0.15, -0.1) is 11.8 Å². The average Bonchev–Trinajstić information content (AvgIpc) is 2.52. The summed E-state index contributed by atoms with van der Waals surface area (Å²) in [5.41, 5.74) is 0. The van der Waals surface area contributed by atoms with Crippen LogP contribution in [0.4, 0.5) is 9.59 Å². The Morgan fingerprint density at radius 3 is 2.27 bits per heavy atom. The van der Waals surface area contributed by atoms with E-state index < -0.39 is 12.2 Å². The summed E-state index contributed by atoms with van der Waals surface area (Å²) in [6.07, 6.45) is 5.90. The fourth-order valence-corrected chi connectivity index (χ4v) is 2.54. The van der Waals surface area contributed by atoms with Gasteiger partial charge >= 0.3 is 12.2 Å². The number of carbonyl (C=O) groups excluding carboxylic acids is 2. The van der Waals surface area contributed by atoms with Crippen LogP contribution in [-0.4, -0.2) is 52.3 Å². The lowest BCUT2D eigenvalue weighted by Crippen LogP contribution is -2.32. The summed E-state index contributed by atoms with van der Waals surface area (Å²) in [7, 11) is 3.05. The number of ether oxygens (including phenoxy) is 1. The molecule has 0 saturated heterocycles. The Hall–Kier alpha value is -1.09. The number of carbonyl (C=O) groups is 2. The lowest BCUT2D eigenvalue weighted by Gasteiger charge is -2.25. The zero-order valence-electron chi connectivity index (χ0n) is 13.4. The van der Waals surface area contributed by atoms with E-state index in [9.17, 15) is 9.59 Å². The molecule has 0 spiro atoms. The molecule has 0 heterocycles. The van der Waals surface area contributed by atoms with Crippen LogP contribution in [0.2, 0.25) is 0 Å². The van der Waals surface area contributed by atoms with Crippen molar-refractivity contribution < 1.29 is 19.2 Å². The quantitative estimate of drug-likeness (QED) is 0.253. The molecule has 0 aliphatic heterocycles. The molecular formula is C13H23N3O4S2. The molecule has 0 unspecified atom stereocenters. The highest BCUT2D eigenvalue weighted by atomic mass is 32.2. The van der Waals surface area contributed by atoms with Crippen molar-refractivity contribution in [1.29, 1.82) is 0 Å². The monoisotopic (exact) mass is 349 g/mol. The number of amides is 2. The molecule has 0 aromatic heterocycles. The molecule has 9 heteroatoms. The molecule has 22 heavy (non-hydrogen) atoms. The SMILES string of the molecule is CSC(C)=NOC(=O)N(C)SN(C)C(=O)OC1CCCCC1. The van der Waals surface area contributed by atoms with Crippen LogP contribution < -0.4 is 0 Å². The van der Waals surface area contributed by atoms with Crippen LogP contribution in [0, 0.1) is 0 Å². The molecule has 1 aliphatic rings. The predicted octanol–water partition coefficient (Wildman–Crippen LogP) is 3.72. The van der Waals surface area contributed by atoms with E-state index in [1.54, 1.807) is 14.0 Å². The van der Waals surface area contributed by atoms with Crippen LogP contribution >= 0.6 is 23.9 Å². The highest BCUT2D eigenvalue weighted by Crippen LogP contribution is 2.22. The standard InChI is InChI=1S/C13H23N3O4S2/c1-10(21-4)14-20-13(18)16(3)22-15(2)12(17)19-11-8-6-5-7-9-11/h11H,5-9H2,1-4H3. The maximum atomic E-state index is 12.0. The van der Waals surface area contributed by atoms with Gasteiger partial charge in [-0.1, -0.05) is 11.6 Å². The lowest BCUT2D eigenvalue weighted by molar-refractivity contribution is 0.0651. The van der Waals surface area contributed by atoms with Crippen LogP contribution in [0.15, 0.2) is 5.16 Å². The van der Waals surface area contributed by atoms with Crippen LogP contribution in [0.25, 0.3) is 0 Å². The Morgan fingerprint density at radius 1 is 1.09 bits per heavy atom. The Bertz CT molecular complexity index is 414. The van der Waals surface area contributed by atoms with E-state index in [0.29, 0.717) is 5.04 Å². The van der Waals surface area contributed by atoms with Crippen molar-refractivity contribution in [3.8, 4) is 0 Å². The molecule has 1 fully saturated rings. The van der Waals surface area contributed by atoms with E-state index in [-0.39, 0.29) is 6.10 Å². The summed E-state index contributed by atoms with van der Waals surface area (Å²) in [6.45, 7) is 1.73. The van der Waals surface area contributed by atoms with E-state index in [1.807, 2.05) is 6.26 Å². The van der Waals surface area contributed by atoms with Crippen LogP contribution in [0.1, 0.15) is 39.0 Å². The van der Waals surface area contributed by atoms with Crippen molar-refractivity contribution in [3.05, 3.63) is 0 Å². The second-order valence-corrected chi connectivity index (χ2v) is 7.15. The Kier molecular flexibility index (Phi) is 8.47. The molecule has 1 aliphatic carbocycles. The van der Waals surface area contributed by atoms with Crippen molar-refractivity contribution >= 4 is 41.1 Å². The zero-order valence-corrected chi connectivity index (χ0v) is 15.0. The van der Waals surface area contributed by atoms with Crippen LogP contribution in [0.3, 0.4) is 0 Å². The lowest BCUT2D eigenvalue weighted by atomic mass is 9.98. The molecule has 7 nitrogen and oxygen atoms in total. The molecule has 0 radical (unpaired) electrons. The third-order valence-corrected chi connectivity index (χ3v) is 4.58. The first-order valence-corrected chi connectivity index (χ1v) is 9.05. The van der Waals surface area contributed by atoms with Gasteiger partial charge in [0.25, 0.3) is 0 Å². The van der Waals surface area contributed by atoms with Crippen molar-refractivity contribution in [2.75, 3.05) is 20.4 Å². The maximum absolute atomic E-state index is 12.0. The van der Waals surface area contributed by atoms with Crippen molar-refractivity contribution in [3.63, 3.8) is 0 Å². The van der Waals surface area contributed by atoms with Gasteiger partial charge in [0, 0.05) is 14.1 Å². The van der Waals surface area contributed by atoms with Gasteiger partial charge in [-0.3, -0.25) is 4.84 Å². The third-order valence-electron chi connectivity index (χ3n) is 3.13. The fourth-order valence-electron chi connectivity index (χ4n) is 1.85. The highest BCUT2D eigenvalue weighted by molar-refractivity contribution is 8.13. The van der Waals surface area contributed by atoms with Crippen LogP contribution in [-0.2, 0) is 9.57 Å². The fraction of sp³-hybridized carbons (Fsp3) is 0.769. The topological polar surface area (TPSA) is 71.4 Å². The molecule has 0 N–H and O–H groups in total. The summed E-state index contributed by atoms with van der Waals surface area (Å²) >= 11 is 2.28. The summed E-state index contributed by atoms with van der Waals surface area (Å²) in [5.74, 6) is 0. The van der Waals surface area contributed by atoms with Crippen molar-refractivity contribution in [2.45, 2.75) is 45.1 Å². The number of nitrogens with zero attached hydrogens (tertiary/aromatic N) is 3. The second kappa shape index (κ2) is 9.83. The smallest absolute Gasteiger partial charge is 0.445 e. The Morgan fingerprint density at radius 2 is 1.68 bits per heavy atom. The van der Waals surface area contributed by atoms with E-state index in [1.165, 1.54) is 33.8 Å². The molecule has 0 bridgehead atoms. The first kappa shape index (κ1) is 19.0. The van der Waals surface area contributed by atoms with Gasteiger partial charge < -0.3 is 4.74 Å². The van der Waals surface area contributed by atoms with E-state index in [0.717, 1.165) is 37.8 Å². The average molecular weight is 349 g/mol. The molecule has 0 aromatic carbocycles. The maximum Gasteiger partial charge on any atom is 0.447 e. The summed E-state index contributed by atoms with van der Waals surface area (Å²) in [6, 6.07) is 0. The first-order chi connectivity index (χ1) is 10.4. The zero-order chi connectivity index (χ0) is 16.5. The van der Waals surface area contributed by atoms with Gasteiger partial charge in [-0.05, 0) is 38.9 Å². The van der Waals surface area contributed by atoms with E-state index in [4.69, 9.17) is 9.57 Å². The minimum Gasteiger partial charge on any atom is -0.445 e. The third kappa shape index (κ3) is 6.78. The molecule has 2 amide bonds. The van der Waals surface area contributed by atoms with Gasteiger partial charge in [-0.25, -0.2) is 18.2 Å². The van der Waals surface area contributed by atoms with Crippen molar-refractivity contribution in [1.82, 2.24) is 8.61 Å². The van der Waals surface area contributed by atoms with E-state index >= 15 is 0 Å². The minimum absolute atomic E-state index is 0.0182. The van der Waals surface area contributed by atoms with Gasteiger partial charge in [0.2, 0.25) is 0 Å². The van der Waals surface area contributed by atoms with Crippen molar-refractivity contribution in [2.24, 2.45) is 5.16 Å². The number of hydrogen-bond donors (Lipinski definition) is 0. The van der Waals surface area contributed by atoms with Crippen LogP contribution in [0.5, 0.6) is 0 Å². The summed E-state index contributed by atoms with van der Waals surface area (Å²) in [5, 5.41) is 4.29. The number of hydrogen-bond acceptors (Lipinski definition) is 7. The molecule has 1 saturated carbocycles. The largest absolute Gasteiger partial charge is 0.447 e. The molecular weight excluding hydrogens is 326 g/mol. The summed E-state index contributed by atoms with van der Waals surface area (Å²) in [4.78, 5) is 28.4. The minimum atomic E-state index is -0.657. The molecule has 126 valence electrons. The van der Waals surface area contributed by atoms with Gasteiger partial charge in [0.05, 0.1) is 12.1 Å². The molecule has 0 aromatic rings. The summed E-state index contributed by atoms with van der Waals surface area (Å²) < 4.78 is 7.85. The normalized spacial score (nSPS) is 16.1. The van der Waals surface area contributed by atoms with Gasteiger partial charge in [-0.2, -0.15) is 0 Å². The Balaban J connectivity index is 2.36. The van der Waals surface area contributed by atoms with Gasteiger partial charge in [0.1, 0.15) is 11.1 Å². The first-order valence-electron chi connectivity index (χ1n) is 7.09. The molecule has 0 atom stereocenters.